The maximum absolute atomic E-state index is 2.44. The van der Waals surface area contributed by atoms with Crippen molar-refractivity contribution in [1.29, 1.82) is 0 Å². The molecule has 0 nitrogen and oxygen atoms in total. The summed E-state index contributed by atoms with van der Waals surface area (Å²) < 4.78 is 2.72. The third-order valence-corrected chi connectivity index (χ3v) is 13.3. The maximum atomic E-state index is 2.44. The summed E-state index contributed by atoms with van der Waals surface area (Å²) in [6, 6.07) is 60.7. The summed E-state index contributed by atoms with van der Waals surface area (Å²) in [6.45, 7) is 4.86. The van der Waals surface area contributed by atoms with Crippen LogP contribution in [0.2, 0.25) is 0 Å². The molecule has 0 spiro atoms. The number of allylic oxidation sites excluding steroid dienone is 1. The zero-order valence-corrected chi connectivity index (χ0v) is 32.5. The van der Waals surface area contributed by atoms with Crippen molar-refractivity contribution in [2.24, 2.45) is 0 Å². The van der Waals surface area contributed by atoms with Crippen LogP contribution in [0, 0.1) is 0 Å². The van der Waals surface area contributed by atoms with E-state index in [1.54, 1.807) is 0 Å². The van der Waals surface area contributed by atoms with E-state index in [2.05, 4.69) is 196 Å². The van der Waals surface area contributed by atoms with Gasteiger partial charge in [0, 0.05) is 25.6 Å². The molecule has 0 aliphatic heterocycles. The van der Waals surface area contributed by atoms with E-state index in [0.717, 1.165) is 12.8 Å². The standard InChI is InChI=1S/C55H40S/c1-55(2)34-47-41-20-12-22-45-51(41)52-44(50(47)42-28-26-37(32-48(42)55)25-24-35-14-6-3-7-15-35)21-13-23-46(52)54-53(45)43-29-27-38(33-49(43)56-54)31-40(39-18-10-5-11-19-39)30-36-16-8-4-9-17-36/h3-29,31-33H,30,34H2,1-2H3/b25-24+,40-31?. The smallest absolute Gasteiger partial charge is 0.0440 e. The van der Waals surface area contributed by atoms with E-state index in [4.69, 9.17) is 0 Å². The van der Waals surface area contributed by atoms with Crippen molar-refractivity contribution in [3.8, 4) is 11.1 Å². The summed E-state index contributed by atoms with van der Waals surface area (Å²) in [5, 5.41) is 11.1. The Labute approximate surface area is 332 Å². The molecule has 10 aromatic rings. The predicted molar refractivity (Wildman–Crippen MR) is 245 cm³/mol. The molecule has 0 atom stereocenters. The second kappa shape index (κ2) is 12.9. The Kier molecular flexibility index (Phi) is 7.63. The quantitative estimate of drug-likeness (QED) is 0.118. The number of hydrogen-bond donors (Lipinski definition) is 0. The van der Waals surface area contributed by atoms with Gasteiger partial charge < -0.3 is 0 Å². The molecule has 11 rings (SSSR count). The summed E-state index contributed by atoms with van der Waals surface area (Å²) >= 11 is 1.95. The van der Waals surface area contributed by atoms with Crippen LogP contribution in [0.3, 0.4) is 0 Å². The first-order chi connectivity index (χ1) is 27.5. The molecule has 1 aromatic heterocycles. The SMILES string of the molecule is CC1(C)Cc2c(c3cccc4c5sc6cc(C=C(Cc7ccccc7)c7ccccc7)ccc6c5c5cccc2c5c34)-c2ccc(/C=C/c3ccccc3)cc21. The largest absolute Gasteiger partial charge is 0.134 e. The molecule has 0 amide bonds. The van der Waals surface area contributed by atoms with Crippen LogP contribution in [-0.4, -0.2) is 0 Å². The van der Waals surface area contributed by atoms with E-state index >= 15 is 0 Å². The van der Waals surface area contributed by atoms with Gasteiger partial charge in [-0.25, -0.2) is 0 Å². The molecule has 0 bridgehead atoms. The molecule has 56 heavy (non-hydrogen) atoms. The molecule has 1 heterocycles. The van der Waals surface area contributed by atoms with Gasteiger partial charge in [-0.2, -0.15) is 0 Å². The average molecular weight is 733 g/mol. The van der Waals surface area contributed by atoms with Gasteiger partial charge in [0.05, 0.1) is 0 Å². The molecule has 0 unspecified atom stereocenters. The Morgan fingerprint density at radius 2 is 1.21 bits per heavy atom. The topological polar surface area (TPSA) is 0 Å². The van der Waals surface area contributed by atoms with Crippen molar-refractivity contribution in [3.05, 3.63) is 203 Å². The van der Waals surface area contributed by atoms with Gasteiger partial charge in [-0.3, -0.25) is 0 Å². The first kappa shape index (κ1) is 33.1. The van der Waals surface area contributed by atoms with E-state index in [1.165, 1.54) is 108 Å². The minimum Gasteiger partial charge on any atom is -0.134 e. The molecule has 266 valence electrons. The molecule has 1 heteroatoms. The fourth-order valence-corrected chi connectivity index (χ4v) is 10.9. The van der Waals surface area contributed by atoms with Crippen LogP contribution in [-0.2, 0) is 18.3 Å². The third-order valence-electron chi connectivity index (χ3n) is 12.2. The van der Waals surface area contributed by atoms with Crippen molar-refractivity contribution < 1.29 is 0 Å². The van der Waals surface area contributed by atoms with E-state index in [0.29, 0.717) is 0 Å². The maximum Gasteiger partial charge on any atom is 0.0440 e. The molecule has 1 aliphatic rings. The fourth-order valence-electron chi connectivity index (χ4n) is 9.59. The molecule has 0 N–H and O–H groups in total. The van der Waals surface area contributed by atoms with E-state index < -0.39 is 0 Å². The highest BCUT2D eigenvalue weighted by molar-refractivity contribution is 7.27. The first-order valence-electron chi connectivity index (χ1n) is 19.8. The molecule has 0 radical (unpaired) electrons. The lowest BCUT2D eigenvalue weighted by atomic mass is 9.67. The minimum absolute atomic E-state index is 0.0134. The second-order valence-electron chi connectivity index (χ2n) is 16.2. The van der Waals surface area contributed by atoms with Crippen molar-refractivity contribution in [1.82, 2.24) is 0 Å². The Hall–Kier alpha value is -6.28. The number of hydrogen-bond acceptors (Lipinski definition) is 1. The number of benzene rings is 9. The summed E-state index contributed by atoms with van der Waals surface area (Å²) in [5.41, 5.74) is 13.3. The highest BCUT2D eigenvalue weighted by atomic mass is 32.1. The van der Waals surface area contributed by atoms with Crippen LogP contribution < -0.4 is 0 Å². The first-order valence-corrected chi connectivity index (χ1v) is 20.6. The van der Waals surface area contributed by atoms with Gasteiger partial charge >= 0.3 is 0 Å². The van der Waals surface area contributed by atoms with E-state index in [1.807, 2.05) is 11.3 Å². The molecule has 9 aromatic carbocycles. The van der Waals surface area contributed by atoms with Crippen LogP contribution >= 0.6 is 11.3 Å². The third kappa shape index (κ3) is 5.34. The minimum atomic E-state index is -0.0134. The lowest BCUT2D eigenvalue weighted by Crippen LogP contribution is -2.26. The Bertz CT molecular complexity index is 3180. The van der Waals surface area contributed by atoms with Crippen LogP contribution in [0.5, 0.6) is 0 Å². The molecule has 0 saturated heterocycles. The van der Waals surface area contributed by atoms with Gasteiger partial charge in [-0.1, -0.05) is 190 Å². The summed E-state index contributed by atoms with van der Waals surface area (Å²) in [5.74, 6) is 0. The lowest BCUT2D eigenvalue weighted by molar-refractivity contribution is 0.519. The van der Waals surface area contributed by atoms with Crippen molar-refractivity contribution in [2.45, 2.75) is 32.1 Å². The van der Waals surface area contributed by atoms with Crippen molar-refractivity contribution >= 4 is 87.6 Å². The second-order valence-corrected chi connectivity index (χ2v) is 17.2. The summed E-state index contributed by atoms with van der Waals surface area (Å²) in [6.07, 6.45) is 8.77. The average Bonchev–Trinajstić information content (AvgIpc) is 3.63. The van der Waals surface area contributed by atoms with Crippen molar-refractivity contribution in [2.75, 3.05) is 0 Å². The summed E-state index contributed by atoms with van der Waals surface area (Å²) in [7, 11) is 0. The number of rotatable bonds is 6. The van der Waals surface area contributed by atoms with Gasteiger partial charge in [0.15, 0.2) is 0 Å². The van der Waals surface area contributed by atoms with E-state index in [9.17, 15) is 0 Å². The van der Waals surface area contributed by atoms with Crippen LogP contribution in [0.25, 0.3) is 87.4 Å². The zero-order valence-electron chi connectivity index (χ0n) is 31.6. The highest BCUT2D eigenvalue weighted by Gasteiger charge is 2.34. The monoisotopic (exact) mass is 732 g/mol. The Morgan fingerprint density at radius 3 is 2.02 bits per heavy atom. The number of thiophene rings is 1. The zero-order chi connectivity index (χ0) is 37.4. The van der Waals surface area contributed by atoms with Gasteiger partial charge in [0.1, 0.15) is 0 Å². The van der Waals surface area contributed by atoms with Crippen LogP contribution in [0.4, 0.5) is 0 Å². The number of fused-ring (bicyclic) bond motifs is 10. The fraction of sp³-hybridized carbons (Fsp3) is 0.0909. The molecular weight excluding hydrogens is 693 g/mol. The van der Waals surface area contributed by atoms with Crippen molar-refractivity contribution in [3.63, 3.8) is 0 Å². The lowest BCUT2D eigenvalue weighted by Gasteiger charge is -2.36. The Morgan fingerprint density at radius 1 is 0.554 bits per heavy atom. The summed E-state index contributed by atoms with van der Waals surface area (Å²) in [4.78, 5) is 0. The van der Waals surface area contributed by atoms with Gasteiger partial charge in [-0.05, 0) is 107 Å². The van der Waals surface area contributed by atoms with Crippen LogP contribution in [0.15, 0.2) is 164 Å². The van der Waals surface area contributed by atoms with Gasteiger partial charge in [0.2, 0.25) is 0 Å². The van der Waals surface area contributed by atoms with E-state index in [-0.39, 0.29) is 5.41 Å². The molecule has 0 fully saturated rings. The van der Waals surface area contributed by atoms with Gasteiger partial charge in [0.25, 0.3) is 0 Å². The predicted octanol–water partition coefficient (Wildman–Crippen LogP) is 15.4. The molecule has 1 aliphatic carbocycles. The normalized spacial score (nSPS) is 14.1. The Balaban J connectivity index is 1.11. The van der Waals surface area contributed by atoms with Gasteiger partial charge in [-0.15, -0.1) is 11.3 Å². The highest BCUT2D eigenvalue weighted by Crippen LogP contribution is 2.54. The molecule has 0 saturated carbocycles. The molecular formula is C55H40S. The van der Waals surface area contributed by atoms with Crippen LogP contribution in [0.1, 0.15) is 52.8 Å².